The third-order valence-corrected chi connectivity index (χ3v) is 3.03. The van der Waals surface area contributed by atoms with Crippen LogP contribution in [-0.2, 0) is 11.8 Å². The Kier molecular flexibility index (Phi) is 3.20. The molecule has 5 nitrogen and oxygen atoms in total. The standard InChI is InChI=1S/C12H12N2O3S/c1-14-10(7-5-3-4-6-8(7)15)9(11(16)17-2)13-12(14)18/h3-6,15H,1-2H3,(H,13,18). The number of aromatic hydroxyl groups is 1. The third kappa shape index (κ3) is 1.91. The molecule has 2 N–H and O–H groups in total. The van der Waals surface area contributed by atoms with Crippen molar-refractivity contribution in [2.75, 3.05) is 7.11 Å². The van der Waals surface area contributed by atoms with Crippen LogP contribution >= 0.6 is 12.2 Å². The van der Waals surface area contributed by atoms with Crippen LogP contribution in [0.5, 0.6) is 5.75 Å². The number of carbonyl (C=O) groups excluding carboxylic acids is 1. The Bertz CT molecular complexity index is 658. The number of carbonyl (C=O) groups is 1. The lowest BCUT2D eigenvalue weighted by Crippen LogP contribution is -2.04. The number of phenols is 1. The van der Waals surface area contributed by atoms with Crippen molar-refractivity contribution in [3.63, 3.8) is 0 Å². The van der Waals surface area contributed by atoms with Crippen molar-refractivity contribution in [1.29, 1.82) is 0 Å². The number of nitrogens with one attached hydrogen (secondary N) is 1. The van der Waals surface area contributed by atoms with Gasteiger partial charge in [-0.1, -0.05) is 12.1 Å². The van der Waals surface area contributed by atoms with E-state index in [0.29, 0.717) is 16.0 Å². The average Bonchev–Trinajstić information content (AvgIpc) is 2.66. The van der Waals surface area contributed by atoms with E-state index in [1.165, 1.54) is 7.11 Å². The summed E-state index contributed by atoms with van der Waals surface area (Å²) in [7, 11) is 3.01. The van der Waals surface area contributed by atoms with Gasteiger partial charge in [0.1, 0.15) is 5.75 Å². The number of H-pyrrole nitrogens is 1. The number of aromatic amines is 1. The lowest BCUT2D eigenvalue weighted by atomic mass is 10.1. The number of benzene rings is 1. The molecule has 6 heteroatoms. The van der Waals surface area contributed by atoms with Crippen LogP contribution in [0.25, 0.3) is 11.3 Å². The van der Waals surface area contributed by atoms with Crippen LogP contribution in [0.2, 0.25) is 0 Å². The molecule has 2 aromatic rings. The molecule has 0 fully saturated rings. The van der Waals surface area contributed by atoms with Gasteiger partial charge in [-0.2, -0.15) is 0 Å². The molecule has 0 amide bonds. The van der Waals surface area contributed by atoms with Crippen molar-refractivity contribution >= 4 is 18.2 Å². The summed E-state index contributed by atoms with van der Waals surface area (Å²) in [6, 6.07) is 6.73. The zero-order valence-corrected chi connectivity index (χ0v) is 10.7. The van der Waals surface area contributed by atoms with Crippen LogP contribution in [0.4, 0.5) is 0 Å². The van der Waals surface area contributed by atoms with Gasteiger partial charge in [-0.25, -0.2) is 4.79 Å². The number of esters is 1. The second-order valence-corrected chi connectivity index (χ2v) is 4.11. The molecule has 0 atom stereocenters. The molecule has 94 valence electrons. The fourth-order valence-electron chi connectivity index (χ4n) is 1.76. The Morgan fingerprint density at radius 1 is 1.44 bits per heavy atom. The number of hydrogen-bond donors (Lipinski definition) is 2. The maximum atomic E-state index is 11.7. The summed E-state index contributed by atoms with van der Waals surface area (Å²) in [5.74, 6) is -0.452. The minimum Gasteiger partial charge on any atom is -0.507 e. The van der Waals surface area contributed by atoms with Gasteiger partial charge >= 0.3 is 5.97 Å². The predicted octanol–water partition coefficient (Wildman–Crippen LogP) is 2.24. The van der Waals surface area contributed by atoms with Crippen LogP contribution in [0, 0.1) is 4.77 Å². The first-order valence-corrected chi connectivity index (χ1v) is 5.62. The van der Waals surface area contributed by atoms with Crippen LogP contribution in [0.3, 0.4) is 0 Å². The number of phenolic OH excluding ortho intramolecular Hbond substituents is 1. The van der Waals surface area contributed by atoms with Crippen molar-refractivity contribution in [1.82, 2.24) is 9.55 Å². The highest BCUT2D eigenvalue weighted by atomic mass is 32.1. The van der Waals surface area contributed by atoms with E-state index in [-0.39, 0.29) is 11.4 Å². The molecule has 1 aromatic carbocycles. The van der Waals surface area contributed by atoms with Gasteiger partial charge in [-0.05, 0) is 24.4 Å². The van der Waals surface area contributed by atoms with Gasteiger partial charge < -0.3 is 19.4 Å². The maximum Gasteiger partial charge on any atom is 0.356 e. The van der Waals surface area contributed by atoms with Gasteiger partial charge in [-0.3, -0.25) is 0 Å². The second kappa shape index (κ2) is 4.66. The van der Waals surface area contributed by atoms with E-state index < -0.39 is 5.97 Å². The first kappa shape index (κ1) is 12.4. The Labute approximate surface area is 109 Å². The Balaban J connectivity index is 2.75. The number of hydrogen-bond acceptors (Lipinski definition) is 4. The molecule has 0 saturated heterocycles. The van der Waals surface area contributed by atoms with E-state index in [4.69, 9.17) is 17.0 Å². The van der Waals surface area contributed by atoms with E-state index in [1.54, 1.807) is 35.9 Å². The number of para-hydroxylation sites is 1. The number of nitrogens with zero attached hydrogens (tertiary/aromatic N) is 1. The number of imidazole rings is 1. The minimum atomic E-state index is -0.528. The average molecular weight is 264 g/mol. The Hall–Kier alpha value is -2.08. The summed E-state index contributed by atoms with van der Waals surface area (Å²) in [5.41, 5.74) is 1.25. The largest absolute Gasteiger partial charge is 0.507 e. The molecule has 0 bridgehead atoms. The maximum absolute atomic E-state index is 11.7. The van der Waals surface area contributed by atoms with Gasteiger partial charge in [0.15, 0.2) is 10.5 Å². The summed E-state index contributed by atoms with van der Waals surface area (Å²) in [6.45, 7) is 0. The van der Waals surface area contributed by atoms with Crippen molar-refractivity contribution in [2.45, 2.75) is 0 Å². The molecule has 0 unspecified atom stereocenters. The summed E-state index contributed by atoms with van der Waals surface area (Å²) in [5, 5.41) is 9.86. The van der Waals surface area contributed by atoms with Gasteiger partial charge in [0.25, 0.3) is 0 Å². The van der Waals surface area contributed by atoms with E-state index in [9.17, 15) is 9.90 Å². The van der Waals surface area contributed by atoms with E-state index in [0.717, 1.165) is 0 Å². The minimum absolute atomic E-state index is 0.0762. The van der Waals surface area contributed by atoms with E-state index in [2.05, 4.69) is 4.98 Å². The highest BCUT2D eigenvalue weighted by Crippen LogP contribution is 2.31. The molecule has 0 aliphatic heterocycles. The fraction of sp³-hybridized carbons (Fsp3) is 0.167. The molecular formula is C12H12N2O3S. The zero-order chi connectivity index (χ0) is 13.3. The molecule has 0 radical (unpaired) electrons. The van der Waals surface area contributed by atoms with E-state index >= 15 is 0 Å². The van der Waals surface area contributed by atoms with Crippen LogP contribution in [0.15, 0.2) is 24.3 Å². The number of rotatable bonds is 2. The molecule has 0 saturated carbocycles. The van der Waals surface area contributed by atoms with Crippen molar-refractivity contribution in [2.24, 2.45) is 7.05 Å². The fourth-order valence-corrected chi connectivity index (χ4v) is 1.95. The topological polar surface area (TPSA) is 67.2 Å². The van der Waals surface area contributed by atoms with Crippen molar-refractivity contribution in [3.05, 3.63) is 34.7 Å². The monoisotopic (exact) mass is 264 g/mol. The highest BCUT2D eigenvalue weighted by molar-refractivity contribution is 7.71. The normalized spacial score (nSPS) is 10.3. The lowest BCUT2D eigenvalue weighted by Gasteiger charge is -2.07. The summed E-state index contributed by atoms with van der Waals surface area (Å²) in [4.78, 5) is 14.5. The van der Waals surface area contributed by atoms with Crippen LogP contribution in [-0.4, -0.2) is 27.7 Å². The first-order chi connectivity index (χ1) is 8.56. The second-order valence-electron chi connectivity index (χ2n) is 3.72. The summed E-state index contributed by atoms with van der Waals surface area (Å²) >= 11 is 5.09. The quantitative estimate of drug-likeness (QED) is 0.645. The highest BCUT2D eigenvalue weighted by Gasteiger charge is 2.20. The third-order valence-electron chi connectivity index (χ3n) is 2.66. The van der Waals surface area contributed by atoms with Gasteiger partial charge in [0.05, 0.1) is 12.8 Å². The Morgan fingerprint density at radius 2 is 2.11 bits per heavy atom. The molecule has 0 aliphatic rings. The smallest absolute Gasteiger partial charge is 0.356 e. The molecule has 0 aliphatic carbocycles. The molecule has 0 spiro atoms. The predicted molar refractivity (Wildman–Crippen MR) is 69.0 cm³/mol. The Morgan fingerprint density at radius 3 is 2.72 bits per heavy atom. The first-order valence-electron chi connectivity index (χ1n) is 5.22. The molecular weight excluding hydrogens is 252 g/mol. The van der Waals surface area contributed by atoms with Gasteiger partial charge in [-0.15, -0.1) is 0 Å². The molecule has 1 aromatic heterocycles. The SMILES string of the molecule is COC(=O)c1[nH]c(=S)n(C)c1-c1ccccc1O. The molecule has 2 rings (SSSR count). The van der Waals surface area contributed by atoms with Crippen molar-refractivity contribution in [3.8, 4) is 17.0 Å². The lowest BCUT2D eigenvalue weighted by molar-refractivity contribution is 0.0595. The summed E-state index contributed by atoms with van der Waals surface area (Å²) in [6.07, 6.45) is 0. The van der Waals surface area contributed by atoms with Crippen LogP contribution < -0.4 is 0 Å². The summed E-state index contributed by atoms with van der Waals surface area (Å²) < 4.78 is 6.70. The van der Waals surface area contributed by atoms with Crippen LogP contribution in [0.1, 0.15) is 10.5 Å². The van der Waals surface area contributed by atoms with Gasteiger partial charge in [0, 0.05) is 12.6 Å². The van der Waals surface area contributed by atoms with E-state index in [1.807, 2.05) is 0 Å². The number of aromatic nitrogens is 2. The molecule has 1 heterocycles. The zero-order valence-electron chi connectivity index (χ0n) is 9.93. The molecule has 18 heavy (non-hydrogen) atoms. The number of ether oxygens (including phenoxy) is 1. The van der Waals surface area contributed by atoms with Crippen molar-refractivity contribution < 1.29 is 14.6 Å². The number of methoxy groups -OCH3 is 1. The van der Waals surface area contributed by atoms with Gasteiger partial charge in [0.2, 0.25) is 0 Å².